The first-order valence-electron chi connectivity index (χ1n) is 6.47. The van der Waals surface area contributed by atoms with Gasteiger partial charge in [-0.15, -0.1) is 0 Å². The van der Waals surface area contributed by atoms with Crippen LogP contribution in [0.4, 0.5) is 4.39 Å². The molecule has 1 heterocycles. The minimum Gasteiger partial charge on any atom is -0.483 e. The Morgan fingerprint density at radius 2 is 2.20 bits per heavy atom. The molecule has 2 aromatic rings. The second-order valence-electron chi connectivity index (χ2n) is 4.42. The molecule has 3 nitrogen and oxygen atoms in total. The molecule has 5 heteroatoms. The van der Waals surface area contributed by atoms with Gasteiger partial charge in [-0.3, -0.25) is 0 Å². The Kier molecular flexibility index (Phi) is 5.04. The highest BCUT2D eigenvalue weighted by Crippen LogP contribution is 2.25. The maximum atomic E-state index is 13.7. The van der Waals surface area contributed by atoms with Gasteiger partial charge in [0.25, 0.3) is 0 Å². The second kappa shape index (κ2) is 6.77. The van der Waals surface area contributed by atoms with E-state index >= 15 is 0 Å². The summed E-state index contributed by atoms with van der Waals surface area (Å²) >= 11 is 5.70. The second-order valence-corrected chi connectivity index (χ2v) is 4.82. The molecular weight excluding hydrogens is 281 g/mol. The van der Waals surface area contributed by atoms with Gasteiger partial charge in [-0.25, -0.2) is 4.39 Å². The Labute approximate surface area is 122 Å². The molecular formula is C15H17ClFNO2. The lowest BCUT2D eigenvalue weighted by atomic mass is 10.2. The third kappa shape index (κ3) is 3.52. The molecule has 0 aliphatic rings. The van der Waals surface area contributed by atoms with Gasteiger partial charge < -0.3 is 14.5 Å². The molecule has 0 aliphatic carbocycles. The summed E-state index contributed by atoms with van der Waals surface area (Å²) in [5.41, 5.74) is 1.08. The molecule has 1 N–H and O–H groups in total. The van der Waals surface area contributed by atoms with Crippen LogP contribution in [-0.2, 0) is 13.2 Å². The van der Waals surface area contributed by atoms with E-state index in [2.05, 4.69) is 5.32 Å². The highest BCUT2D eigenvalue weighted by Gasteiger charge is 2.10. The fraction of sp³-hybridized carbons (Fsp3) is 0.333. The lowest BCUT2D eigenvalue weighted by Gasteiger charge is -2.05. The van der Waals surface area contributed by atoms with Gasteiger partial charge >= 0.3 is 0 Å². The lowest BCUT2D eigenvalue weighted by Crippen LogP contribution is -2.11. The summed E-state index contributed by atoms with van der Waals surface area (Å²) in [5.74, 6) is 1.08. The summed E-state index contributed by atoms with van der Waals surface area (Å²) < 4.78 is 24.6. The zero-order valence-corrected chi connectivity index (χ0v) is 12.3. The van der Waals surface area contributed by atoms with E-state index in [0.29, 0.717) is 5.76 Å². The van der Waals surface area contributed by atoms with Crippen LogP contribution in [0.15, 0.2) is 28.7 Å². The van der Waals surface area contributed by atoms with Gasteiger partial charge in [0.2, 0.25) is 0 Å². The predicted octanol–water partition coefficient (Wildman–Crippen LogP) is 4.07. The number of benzene rings is 1. The Balaban J connectivity index is 2.02. The number of ether oxygens (including phenoxy) is 1. The minimum absolute atomic E-state index is 0.0472. The van der Waals surface area contributed by atoms with Gasteiger partial charge in [-0.1, -0.05) is 24.6 Å². The molecule has 20 heavy (non-hydrogen) atoms. The first kappa shape index (κ1) is 14.9. The Morgan fingerprint density at radius 3 is 2.95 bits per heavy atom. The summed E-state index contributed by atoms with van der Waals surface area (Å²) in [6.07, 6.45) is 0. The molecule has 0 fully saturated rings. The van der Waals surface area contributed by atoms with Crippen molar-refractivity contribution in [3.8, 4) is 5.75 Å². The van der Waals surface area contributed by atoms with Crippen LogP contribution in [0.1, 0.15) is 24.0 Å². The Hall–Kier alpha value is -1.52. The molecule has 0 aliphatic heterocycles. The number of rotatable bonds is 6. The molecule has 0 atom stereocenters. The van der Waals surface area contributed by atoms with Crippen molar-refractivity contribution in [1.82, 2.24) is 5.32 Å². The monoisotopic (exact) mass is 297 g/mol. The molecule has 1 aromatic carbocycles. The van der Waals surface area contributed by atoms with E-state index in [9.17, 15) is 4.39 Å². The molecule has 0 saturated carbocycles. The van der Waals surface area contributed by atoms with Crippen LogP contribution in [0.2, 0.25) is 5.02 Å². The largest absolute Gasteiger partial charge is 0.483 e. The number of nitrogens with one attached hydrogen (secondary N) is 1. The molecule has 0 unspecified atom stereocenters. The SMILES string of the molecule is CCNCc1cc(COc2cccc(Cl)c2F)oc1C. The molecule has 108 valence electrons. The zero-order valence-electron chi connectivity index (χ0n) is 11.5. The van der Waals surface area contributed by atoms with Crippen molar-refractivity contribution in [1.29, 1.82) is 0 Å². The maximum absolute atomic E-state index is 13.7. The third-order valence-electron chi connectivity index (χ3n) is 2.92. The van der Waals surface area contributed by atoms with Crippen LogP contribution >= 0.6 is 11.6 Å². The van der Waals surface area contributed by atoms with Crippen LogP contribution in [0.3, 0.4) is 0 Å². The number of hydrogen-bond donors (Lipinski definition) is 1. The standard InChI is InChI=1S/C15H17ClFNO2/c1-3-18-8-11-7-12(20-10(11)2)9-19-14-6-4-5-13(16)15(14)17/h4-7,18H,3,8-9H2,1-2H3. The molecule has 1 aromatic heterocycles. The van der Waals surface area contributed by atoms with E-state index in [4.69, 9.17) is 20.8 Å². The van der Waals surface area contributed by atoms with Crippen molar-refractivity contribution >= 4 is 11.6 Å². The van der Waals surface area contributed by atoms with Gasteiger partial charge in [0.15, 0.2) is 11.6 Å². The summed E-state index contributed by atoms with van der Waals surface area (Å²) in [5, 5.41) is 3.28. The zero-order chi connectivity index (χ0) is 14.5. The van der Waals surface area contributed by atoms with Crippen LogP contribution in [0.25, 0.3) is 0 Å². The molecule has 0 amide bonds. The molecule has 0 bridgehead atoms. The van der Waals surface area contributed by atoms with Crippen molar-refractivity contribution < 1.29 is 13.5 Å². The summed E-state index contributed by atoms with van der Waals surface area (Å²) in [6, 6.07) is 6.58. The van der Waals surface area contributed by atoms with Crippen molar-refractivity contribution in [2.24, 2.45) is 0 Å². The van der Waals surface area contributed by atoms with E-state index in [1.165, 1.54) is 12.1 Å². The lowest BCUT2D eigenvalue weighted by molar-refractivity contribution is 0.256. The quantitative estimate of drug-likeness (QED) is 0.873. The fourth-order valence-electron chi connectivity index (χ4n) is 1.84. The van der Waals surface area contributed by atoms with Crippen molar-refractivity contribution in [3.63, 3.8) is 0 Å². The highest BCUT2D eigenvalue weighted by molar-refractivity contribution is 6.30. The minimum atomic E-state index is -0.551. The van der Waals surface area contributed by atoms with Crippen molar-refractivity contribution in [2.45, 2.75) is 27.0 Å². The van der Waals surface area contributed by atoms with Gasteiger partial charge in [0.1, 0.15) is 18.1 Å². The van der Waals surface area contributed by atoms with Crippen molar-refractivity contribution in [2.75, 3.05) is 6.54 Å². The van der Waals surface area contributed by atoms with E-state index in [0.717, 1.165) is 24.4 Å². The first-order valence-corrected chi connectivity index (χ1v) is 6.85. The van der Waals surface area contributed by atoms with Gasteiger partial charge in [0, 0.05) is 12.1 Å². The summed E-state index contributed by atoms with van der Waals surface area (Å²) in [6.45, 7) is 5.75. The molecule has 2 rings (SSSR count). The number of aryl methyl sites for hydroxylation is 1. The topological polar surface area (TPSA) is 34.4 Å². The normalized spacial score (nSPS) is 10.8. The smallest absolute Gasteiger partial charge is 0.183 e. The predicted molar refractivity (Wildman–Crippen MR) is 76.6 cm³/mol. The van der Waals surface area contributed by atoms with Crippen LogP contribution in [0.5, 0.6) is 5.75 Å². The fourth-order valence-corrected chi connectivity index (χ4v) is 2.00. The maximum Gasteiger partial charge on any atom is 0.183 e. The Morgan fingerprint density at radius 1 is 1.40 bits per heavy atom. The highest BCUT2D eigenvalue weighted by atomic mass is 35.5. The molecule has 0 spiro atoms. The third-order valence-corrected chi connectivity index (χ3v) is 3.22. The average molecular weight is 298 g/mol. The number of halogens is 2. The number of hydrogen-bond acceptors (Lipinski definition) is 3. The van der Waals surface area contributed by atoms with Crippen LogP contribution in [-0.4, -0.2) is 6.54 Å². The van der Waals surface area contributed by atoms with Crippen LogP contribution < -0.4 is 10.1 Å². The van der Waals surface area contributed by atoms with Crippen molar-refractivity contribution in [3.05, 3.63) is 52.2 Å². The van der Waals surface area contributed by atoms with E-state index in [-0.39, 0.29) is 17.4 Å². The van der Waals surface area contributed by atoms with E-state index < -0.39 is 5.82 Å². The molecule has 0 radical (unpaired) electrons. The van der Waals surface area contributed by atoms with Gasteiger partial charge in [-0.05, 0) is 31.7 Å². The van der Waals surface area contributed by atoms with E-state index in [1.807, 2.05) is 19.9 Å². The Bertz CT molecular complexity index is 583. The van der Waals surface area contributed by atoms with Gasteiger partial charge in [-0.2, -0.15) is 0 Å². The summed E-state index contributed by atoms with van der Waals surface area (Å²) in [4.78, 5) is 0. The van der Waals surface area contributed by atoms with Gasteiger partial charge in [0.05, 0.1) is 5.02 Å². The molecule has 0 saturated heterocycles. The van der Waals surface area contributed by atoms with Crippen LogP contribution in [0, 0.1) is 12.7 Å². The number of furan rings is 1. The average Bonchev–Trinajstić information content (AvgIpc) is 2.78. The first-order chi connectivity index (χ1) is 9.61. The summed E-state index contributed by atoms with van der Waals surface area (Å²) in [7, 11) is 0. The van der Waals surface area contributed by atoms with E-state index in [1.54, 1.807) is 6.07 Å².